The maximum atomic E-state index is 12.0. The maximum absolute atomic E-state index is 12.0. The average molecular weight is 360 g/mol. The highest BCUT2D eigenvalue weighted by Gasteiger charge is 2.16. The quantitative estimate of drug-likeness (QED) is 0.729. The molecule has 0 saturated heterocycles. The van der Waals surface area contributed by atoms with E-state index in [0.717, 1.165) is 6.42 Å². The molecule has 0 aliphatic rings. The number of aliphatic hydroxyl groups excluding tert-OH is 1. The van der Waals surface area contributed by atoms with Gasteiger partial charge in [-0.05, 0) is 22.4 Å². The van der Waals surface area contributed by atoms with Crippen molar-refractivity contribution in [3.63, 3.8) is 0 Å². The fraction of sp³-hybridized carbons (Fsp3) is 0.500. The van der Waals surface area contributed by atoms with E-state index < -0.39 is 0 Å². The lowest BCUT2D eigenvalue weighted by Gasteiger charge is -2.21. The zero-order valence-corrected chi connectivity index (χ0v) is 13.4. The second-order valence-electron chi connectivity index (χ2n) is 4.51. The molecular formula is C14H18BrNO5. The molecule has 116 valence electrons. The summed E-state index contributed by atoms with van der Waals surface area (Å²) in [4.78, 5) is 13.8. The topological polar surface area (TPSA) is 76.1 Å². The van der Waals surface area contributed by atoms with E-state index in [2.05, 4.69) is 15.9 Å². The molecule has 7 heteroatoms. The predicted molar refractivity (Wildman–Crippen MR) is 82.9 cm³/mol. The van der Waals surface area contributed by atoms with Gasteiger partial charge in [0.15, 0.2) is 5.58 Å². The molecule has 1 N–H and O–H groups in total. The van der Waals surface area contributed by atoms with Gasteiger partial charge in [0.05, 0.1) is 23.8 Å². The lowest BCUT2D eigenvalue weighted by atomic mass is 10.3. The summed E-state index contributed by atoms with van der Waals surface area (Å²) in [7, 11) is 0. The molecule has 0 aliphatic heterocycles. The first-order valence-electron chi connectivity index (χ1n) is 6.81. The van der Waals surface area contributed by atoms with Gasteiger partial charge < -0.3 is 23.6 Å². The molecule has 0 amide bonds. The standard InChI is InChI=1S/C14H18BrNO5/c1-2-6-19-7-4-16(3-5-17)12-8-11(18)14-13(21-12)10(15)9-20-14/h8-9,17H,2-7H2,1H3. The van der Waals surface area contributed by atoms with Crippen LogP contribution < -0.4 is 10.3 Å². The highest BCUT2D eigenvalue weighted by molar-refractivity contribution is 9.10. The first-order valence-corrected chi connectivity index (χ1v) is 7.61. The third-order valence-corrected chi connectivity index (χ3v) is 3.47. The highest BCUT2D eigenvalue weighted by atomic mass is 79.9. The van der Waals surface area contributed by atoms with E-state index in [-0.39, 0.29) is 17.6 Å². The van der Waals surface area contributed by atoms with Gasteiger partial charge in [-0.1, -0.05) is 6.92 Å². The number of fused-ring (bicyclic) bond motifs is 1. The summed E-state index contributed by atoms with van der Waals surface area (Å²) < 4.78 is 16.9. The zero-order valence-electron chi connectivity index (χ0n) is 11.8. The lowest BCUT2D eigenvalue weighted by molar-refractivity contribution is 0.139. The van der Waals surface area contributed by atoms with Crippen molar-refractivity contribution >= 4 is 33.0 Å². The van der Waals surface area contributed by atoms with Crippen LogP contribution in [0.2, 0.25) is 0 Å². The first kappa shape index (κ1) is 16.1. The summed E-state index contributed by atoms with van der Waals surface area (Å²) in [6.07, 6.45) is 2.36. The molecule has 2 heterocycles. The van der Waals surface area contributed by atoms with Crippen LogP contribution in [0.25, 0.3) is 11.2 Å². The van der Waals surface area contributed by atoms with E-state index in [1.807, 2.05) is 6.92 Å². The van der Waals surface area contributed by atoms with Crippen LogP contribution in [0.15, 0.2) is 30.4 Å². The van der Waals surface area contributed by atoms with Crippen molar-refractivity contribution in [2.45, 2.75) is 13.3 Å². The van der Waals surface area contributed by atoms with Crippen molar-refractivity contribution < 1.29 is 18.7 Å². The van der Waals surface area contributed by atoms with Crippen molar-refractivity contribution in [1.29, 1.82) is 0 Å². The normalized spacial score (nSPS) is 11.2. The second kappa shape index (κ2) is 7.63. The predicted octanol–water partition coefficient (Wildman–Crippen LogP) is 2.37. The summed E-state index contributed by atoms with van der Waals surface area (Å²) in [5.74, 6) is 0.392. The van der Waals surface area contributed by atoms with Crippen LogP contribution >= 0.6 is 15.9 Å². The first-order chi connectivity index (χ1) is 10.2. The number of hydrogen-bond acceptors (Lipinski definition) is 6. The van der Waals surface area contributed by atoms with Crippen molar-refractivity contribution in [1.82, 2.24) is 0 Å². The number of hydrogen-bond donors (Lipinski definition) is 1. The van der Waals surface area contributed by atoms with Crippen LogP contribution in [0.4, 0.5) is 5.88 Å². The molecule has 0 bridgehead atoms. The van der Waals surface area contributed by atoms with Crippen LogP contribution in [0, 0.1) is 0 Å². The van der Waals surface area contributed by atoms with Crippen molar-refractivity contribution in [2.75, 3.05) is 37.8 Å². The Morgan fingerprint density at radius 2 is 2.14 bits per heavy atom. The Labute approximate surface area is 130 Å². The average Bonchev–Trinajstić information content (AvgIpc) is 2.84. The van der Waals surface area contributed by atoms with Gasteiger partial charge in [0.1, 0.15) is 6.26 Å². The third-order valence-electron chi connectivity index (χ3n) is 2.92. The SMILES string of the molecule is CCCOCCN(CCO)c1cc(=O)c2occ(Br)c2o1. The van der Waals surface area contributed by atoms with Gasteiger partial charge >= 0.3 is 0 Å². The van der Waals surface area contributed by atoms with Gasteiger partial charge in [-0.25, -0.2) is 0 Å². The Morgan fingerprint density at radius 3 is 2.86 bits per heavy atom. The monoisotopic (exact) mass is 359 g/mol. The second-order valence-corrected chi connectivity index (χ2v) is 5.37. The van der Waals surface area contributed by atoms with Gasteiger partial charge in [0, 0.05) is 19.7 Å². The zero-order chi connectivity index (χ0) is 15.2. The maximum Gasteiger partial charge on any atom is 0.230 e. The fourth-order valence-corrected chi connectivity index (χ4v) is 2.29. The summed E-state index contributed by atoms with van der Waals surface area (Å²) in [6, 6.07) is 1.37. The van der Waals surface area contributed by atoms with E-state index in [4.69, 9.17) is 18.7 Å². The van der Waals surface area contributed by atoms with E-state index in [0.29, 0.717) is 42.2 Å². The Morgan fingerprint density at radius 1 is 1.33 bits per heavy atom. The van der Waals surface area contributed by atoms with Gasteiger partial charge in [-0.2, -0.15) is 0 Å². The summed E-state index contributed by atoms with van der Waals surface area (Å²) in [6.45, 7) is 4.08. The molecular weight excluding hydrogens is 342 g/mol. The molecule has 0 unspecified atom stereocenters. The Hall–Kier alpha value is -1.31. The number of nitrogens with zero attached hydrogens (tertiary/aromatic N) is 1. The van der Waals surface area contributed by atoms with Crippen LogP contribution in [0.1, 0.15) is 13.3 Å². The molecule has 0 aromatic carbocycles. The number of ether oxygens (including phenoxy) is 1. The van der Waals surface area contributed by atoms with Crippen molar-refractivity contribution in [2.24, 2.45) is 0 Å². The summed E-state index contributed by atoms with van der Waals surface area (Å²) in [5.41, 5.74) is 0.293. The Balaban J connectivity index is 2.22. The van der Waals surface area contributed by atoms with Crippen molar-refractivity contribution in [3.05, 3.63) is 27.0 Å². The molecule has 2 rings (SSSR count). The Kier molecular flexibility index (Phi) is 5.84. The van der Waals surface area contributed by atoms with Crippen molar-refractivity contribution in [3.8, 4) is 0 Å². The molecule has 0 fully saturated rings. The molecule has 21 heavy (non-hydrogen) atoms. The minimum absolute atomic E-state index is 0.0396. The molecule has 0 radical (unpaired) electrons. The van der Waals surface area contributed by atoms with E-state index in [1.54, 1.807) is 4.90 Å². The number of anilines is 1. The number of rotatable bonds is 8. The summed E-state index contributed by atoms with van der Waals surface area (Å²) >= 11 is 3.28. The van der Waals surface area contributed by atoms with Crippen LogP contribution in [0.3, 0.4) is 0 Å². The van der Waals surface area contributed by atoms with Gasteiger partial charge in [-0.15, -0.1) is 0 Å². The van der Waals surface area contributed by atoms with Crippen LogP contribution in [-0.4, -0.2) is 38.0 Å². The van der Waals surface area contributed by atoms with E-state index >= 15 is 0 Å². The lowest BCUT2D eigenvalue weighted by Crippen LogP contribution is -2.31. The molecule has 2 aromatic rings. The highest BCUT2D eigenvalue weighted by Crippen LogP contribution is 2.27. The van der Waals surface area contributed by atoms with E-state index in [1.165, 1.54) is 12.3 Å². The minimum Gasteiger partial charge on any atom is -0.456 e. The molecule has 0 aliphatic carbocycles. The molecule has 0 spiro atoms. The molecule has 6 nitrogen and oxygen atoms in total. The molecule has 0 saturated carbocycles. The fourth-order valence-electron chi connectivity index (χ4n) is 1.93. The smallest absolute Gasteiger partial charge is 0.230 e. The minimum atomic E-state index is -0.255. The van der Waals surface area contributed by atoms with Gasteiger partial charge in [0.25, 0.3) is 0 Å². The number of halogens is 1. The van der Waals surface area contributed by atoms with Gasteiger partial charge in [0.2, 0.25) is 16.9 Å². The largest absolute Gasteiger partial charge is 0.456 e. The number of aliphatic hydroxyl groups is 1. The molecule has 0 atom stereocenters. The van der Waals surface area contributed by atoms with Crippen LogP contribution in [-0.2, 0) is 4.74 Å². The van der Waals surface area contributed by atoms with Crippen LogP contribution in [0.5, 0.6) is 0 Å². The number of furan rings is 1. The Bertz CT molecular complexity index is 636. The van der Waals surface area contributed by atoms with Gasteiger partial charge in [-0.3, -0.25) is 4.79 Å². The van der Waals surface area contributed by atoms with E-state index in [9.17, 15) is 4.79 Å². The molecule has 2 aromatic heterocycles. The third kappa shape index (κ3) is 3.87. The summed E-state index contributed by atoms with van der Waals surface area (Å²) in [5, 5.41) is 9.17.